The molecule has 2 N–H and O–H groups in total. The van der Waals surface area contributed by atoms with E-state index in [1.807, 2.05) is 6.92 Å². The number of hydrogen-bond donors (Lipinski definition) is 2. The molecule has 0 unspecified atom stereocenters. The summed E-state index contributed by atoms with van der Waals surface area (Å²) >= 11 is 1.21. The van der Waals surface area contributed by atoms with Gasteiger partial charge in [-0.25, -0.2) is 9.89 Å². The molecule has 7 nitrogen and oxygen atoms in total. The Kier molecular flexibility index (Phi) is 6.36. The summed E-state index contributed by atoms with van der Waals surface area (Å²) in [5, 5.41) is 9.62. The quantitative estimate of drug-likeness (QED) is 0.563. The monoisotopic (exact) mass is 348 g/mol. The number of Topliss-reactive ketones (excluding diaryl/α,β-unsaturated/α-hetero) is 1. The zero-order chi connectivity index (χ0) is 17.5. The molecule has 0 bridgehead atoms. The average molecular weight is 348 g/mol. The van der Waals surface area contributed by atoms with E-state index in [1.54, 1.807) is 28.8 Å². The van der Waals surface area contributed by atoms with Gasteiger partial charge >= 0.3 is 5.69 Å². The molecule has 0 saturated heterocycles. The van der Waals surface area contributed by atoms with E-state index >= 15 is 0 Å². The fourth-order valence-corrected chi connectivity index (χ4v) is 2.81. The van der Waals surface area contributed by atoms with Crippen molar-refractivity contribution in [2.24, 2.45) is 0 Å². The number of nitrogens with zero attached hydrogens (tertiary/aromatic N) is 2. The van der Waals surface area contributed by atoms with Gasteiger partial charge < -0.3 is 5.32 Å². The summed E-state index contributed by atoms with van der Waals surface area (Å²) in [6, 6.07) is 6.71. The standard InChI is InChI=1S/C16H20N4O3S/c1-3-4-9-20-15(23)18-19-16(20)24-10-14(22)17-13-7-5-12(6-8-13)11(2)21/h5-8H,3-4,9-10H2,1-2H3,(H,17,22)(H,18,23). The minimum absolute atomic E-state index is 0.0213. The van der Waals surface area contributed by atoms with E-state index in [-0.39, 0.29) is 23.1 Å². The van der Waals surface area contributed by atoms with E-state index in [4.69, 9.17) is 0 Å². The van der Waals surface area contributed by atoms with Crippen molar-refractivity contribution in [3.05, 3.63) is 40.3 Å². The van der Waals surface area contributed by atoms with Crippen LogP contribution in [0.15, 0.2) is 34.2 Å². The highest BCUT2D eigenvalue weighted by Gasteiger charge is 2.11. The Morgan fingerprint density at radius 2 is 2.00 bits per heavy atom. The molecule has 0 radical (unpaired) electrons. The van der Waals surface area contributed by atoms with Gasteiger partial charge in [0.05, 0.1) is 5.75 Å². The number of rotatable bonds is 8. The molecule has 0 aliphatic heterocycles. The topological polar surface area (TPSA) is 96.8 Å². The van der Waals surface area contributed by atoms with Crippen molar-refractivity contribution < 1.29 is 9.59 Å². The summed E-state index contributed by atoms with van der Waals surface area (Å²) in [4.78, 5) is 34.9. The minimum Gasteiger partial charge on any atom is -0.325 e. The Morgan fingerprint density at radius 3 is 2.62 bits per heavy atom. The van der Waals surface area contributed by atoms with Crippen LogP contribution in [0.5, 0.6) is 0 Å². The number of ketones is 1. The molecule has 0 spiro atoms. The van der Waals surface area contributed by atoms with Crippen LogP contribution in [-0.4, -0.2) is 32.2 Å². The van der Waals surface area contributed by atoms with Gasteiger partial charge in [0.15, 0.2) is 10.9 Å². The Hall–Kier alpha value is -2.35. The van der Waals surface area contributed by atoms with Gasteiger partial charge in [0.2, 0.25) is 5.91 Å². The van der Waals surface area contributed by atoms with Gasteiger partial charge in [-0.2, -0.15) is 0 Å². The molecule has 0 saturated carbocycles. The number of aromatic amines is 1. The van der Waals surface area contributed by atoms with Crippen molar-refractivity contribution >= 4 is 29.1 Å². The van der Waals surface area contributed by atoms with Crippen LogP contribution in [0.25, 0.3) is 0 Å². The molecule has 24 heavy (non-hydrogen) atoms. The van der Waals surface area contributed by atoms with Gasteiger partial charge in [-0.05, 0) is 37.6 Å². The summed E-state index contributed by atoms with van der Waals surface area (Å²) < 4.78 is 1.54. The van der Waals surface area contributed by atoms with Crippen LogP contribution < -0.4 is 11.0 Å². The number of unbranched alkanes of at least 4 members (excludes halogenated alkanes) is 1. The van der Waals surface area contributed by atoms with Gasteiger partial charge in [-0.3, -0.25) is 14.2 Å². The largest absolute Gasteiger partial charge is 0.343 e. The maximum absolute atomic E-state index is 12.0. The molecular formula is C16H20N4O3S. The SMILES string of the molecule is CCCCn1c(SCC(=O)Nc2ccc(C(C)=O)cc2)n[nH]c1=O. The molecule has 8 heteroatoms. The van der Waals surface area contributed by atoms with Gasteiger partial charge in [-0.15, -0.1) is 5.10 Å². The molecule has 1 aromatic heterocycles. The fourth-order valence-electron chi connectivity index (χ4n) is 2.04. The summed E-state index contributed by atoms with van der Waals surface area (Å²) in [6.45, 7) is 4.12. The van der Waals surface area contributed by atoms with Crippen molar-refractivity contribution in [1.29, 1.82) is 0 Å². The second-order valence-corrected chi connectivity index (χ2v) is 6.23. The summed E-state index contributed by atoms with van der Waals surface area (Å²) in [5.41, 5.74) is 0.959. The highest BCUT2D eigenvalue weighted by molar-refractivity contribution is 7.99. The predicted molar refractivity (Wildman–Crippen MR) is 93.6 cm³/mol. The third-order valence-corrected chi connectivity index (χ3v) is 4.34. The number of nitrogens with one attached hydrogen (secondary N) is 2. The first-order chi connectivity index (χ1) is 11.5. The lowest BCUT2D eigenvalue weighted by molar-refractivity contribution is -0.113. The van der Waals surface area contributed by atoms with Crippen molar-refractivity contribution in [3.8, 4) is 0 Å². The molecule has 1 heterocycles. The molecule has 1 amide bonds. The van der Waals surface area contributed by atoms with Gasteiger partial charge in [0.1, 0.15) is 0 Å². The van der Waals surface area contributed by atoms with Crippen molar-refractivity contribution in [1.82, 2.24) is 14.8 Å². The molecule has 0 fully saturated rings. The smallest absolute Gasteiger partial charge is 0.325 e. The fraction of sp³-hybridized carbons (Fsp3) is 0.375. The van der Waals surface area contributed by atoms with E-state index in [0.29, 0.717) is 23.0 Å². The van der Waals surface area contributed by atoms with Crippen LogP contribution in [-0.2, 0) is 11.3 Å². The van der Waals surface area contributed by atoms with E-state index in [1.165, 1.54) is 18.7 Å². The number of aromatic nitrogens is 3. The van der Waals surface area contributed by atoms with Crippen molar-refractivity contribution in [2.45, 2.75) is 38.4 Å². The second kappa shape index (κ2) is 8.49. The average Bonchev–Trinajstić information content (AvgIpc) is 2.91. The van der Waals surface area contributed by atoms with Crippen molar-refractivity contribution in [3.63, 3.8) is 0 Å². The van der Waals surface area contributed by atoms with Crippen LogP contribution in [0.4, 0.5) is 5.69 Å². The zero-order valence-electron chi connectivity index (χ0n) is 13.7. The number of carbonyl (C=O) groups excluding carboxylic acids is 2. The third kappa shape index (κ3) is 4.82. The highest BCUT2D eigenvalue weighted by atomic mass is 32.2. The molecule has 2 aromatic rings. The van der Waals surface area contributed by atoms with Gasteiger partial charge in [0.25, 0.3) is 0 Å². The molecular weight excluding hydrogens is 328 g/mol. The van der Waals surface area contributed by atoms with Crippen LogP contribution in [0.1, 0.15) is 37.0 Å². The van der Waals surface area contributed by atoms with E-state index in [0.717, 1.165) is 12.8 Å². The number of amides is 1. The molecule has 0 aliphatic carbocycles. The molecule has 128 valence electrons. The Bertz CT molecular complexity index is 764. The normalized spacial score (nSPS) is 10.6. The maximum atomic E-state index is 12.0. The lowest BCUT2D eigenvalue weighted by atomic mass is 10.1. The first-order valence-electron chi connectivity index (χ1n) is 7.70. The van der Waals surface area contributed by atoms with E-state index in [9.17, 15) is 14.4 Å². The molecule has 0 aliphatic rings. The number of thioether (sulfide) groups is 1. The van der Waals surface area contributed by atoms with Crippen LogP contribution >= 0.6 is 11.8 Å². The number of anilines is 1. The lowest BCUT2D eigenvalue weighted by Crippen LogP contribution is -2.19. The Morgan fingerprint density at radius 1 is 1.29 bits per heavy atom. The van der Waals surface area contributed by atoms with Gasteiger partial charge in [0, 0.05) is 17.8 Å². The van der Waals surface area contributed by atoms with Crippen molar-refractivity contribution in [2.75, 3.05) is 11.1 Å². The molecule has 0 atom stereocenters. The van der Waals surface area contributed by atoms with Gasteiger partial charge in [-0.1, -0.05) is 25.1 Å². The number of H-pyrrole nitrogens is 1. The summed E-state index contributed by atoms with van der Waals surface area (Å²) in [6.07, 6.45) is 1.85. The minimum atomic E-state index is -0.258. The first-order valence-corrected chi connectivity index (χ1v) is 8.68. The third-order valence-electron chi connectivity index (χ3n) is 3.37. The summed E-state index contributed by atoms with van der Waals surface area (Å²) in [7, 11) is 0. The van der Waals surface area contributed by atoms with E-state index < -0.39 is 0 Å². The lowest BCUT2D eigenvalue weighted by Gasteiger charge is -2.06. The van der Waals surface area contributed by atoms with Crippen LogP contribution in [0.2, 0.25) is 0 Å². The Balaban J connectivity index is 1.91. The Labute approximate surface area is 143 Å². The maximum Gasteiger partial charge on any atom is 0.343 e. The van der Waals surface area contributed by atoms with E-state index in [2.05, 4.69) is 15.5 Å². The number of benzene rings is 1. The molecule has 1 aromatic carbocycles. The van der Waals surface area contributed by atoms with Crippen LogP contribution in [0, 0.1) is 0 Å². The number of hydrogen-bond acceptors (Lipinski definition) is 5. The zero-order valence-corrected chi connectivity index (χ0v) is 14.5. The van der Waals surface area contributed by atoms with Crippen LogP contribution in [0.3, 0.4) is 0 Å². The predicted octanol–water partition coefficient (Wildman–Crippen LogP) is 2.30. The highest BCUT2D eigenvalue weighted by Crippen LogP contribution is 2.15. The number of carbonyl (C=O) groups is 2. The summed E-state index contributed by atoms with van der Waals surface area (Å²) in [5.74, 6) is -0.0784. The molecule has 2 rings (SSSR count). The first kappa shape index (κ1) is 18.0. The second-order valence-electron chi connectivity index (χ2n) is 5.29.